The summed E-state index contributed by atoms with van der Waals surface area (Å²) in [5.41, 5.74) is 2.37. The van der Waals surface area contributed by atoms with Gasteiger partial charge in [0.15, 0.2) is 0 Å². The van der Waals surface area contributed by atoms with Gasteiger partial charge in [0.25, 0.3) is 0 Å². The molecule has 0 unspecified atom stereocenters. The fourth-order valence-corrected chi connectivity index (χ4v) is 3.23. The lowest BCUT2D eigenvalue weighted by atomic mass is 10.1. The van der Waals surface area contributed by atoms with Crippen LogP contribution >= 0.6 is 11.8 Å². The van der Waals surface area contributed by atoms with Crippen LogP contribution in [0.1, 0.15) is 38.8 Å². The first-order valence-corrected chi connectivity index (χ1v) is 7.85. The van der Waals surface area contributed by atoms with Crippen LogP contribution in [0, 0.1) is 0 Å². The molecule has 0 aliphatic carbocycles. The molecule has 2 heteroatoms. The second kappa shape index (κ2) is 6.79. The van der Waals surface area contributed by atoms with Gasteiger partial charge in [0.2, 0.25) is 0 Å². The zero-order valence-electron chi connectivity index (χ0n) is 11.3. The maximum Gasteiger partial charge on any atom is 0.0716 e. The third kappa shape index (κ3) is 3.26. The fourth-order valence-electron chi connectivity index (χ4n) is 2.03. The summed E-state index contributed by atoms with van der Waals surface area (Å²) in [6, 6.07) is 10.8. The van der Waals surface area contributed by atoms with Gasteiger partial charge in [0, 0.05) is 16.0 Å². The van der Waals surface area contributed by atoms with Crippen LogP contribution in [0.15, 0.2) is 35.2 Å². The van der Waals surface area contributed by atoms with Crippen LogP contribution in [0.4, 0.5) is 0 Å². The predicted molar refractivity (Wildman–Crippen MR) is 81.4 cm³/mol. The predicted octanol–water partition coefficient (Wildman–Crippen LogP) is 5.08. The summed E-state index contributed by atoms with van der Waals surface area (Å²) in [6.45, 7) is 4.45. The fraction of sp³-hybridized carbons (Fsp3) is 0.438. The van der Waals surface area contributed by atoms with Crippen molar-refractivity contribution in [2.75, 3.05) is 5.75 Å². The van der Waals surface area contributed by atoms with E-state index in [4.69, 9.17) is 4.98 Å². The number of para-hydroxylation sites is 1. The summed E-state index contributed by atoms with van der Waals surface area (Å²) in [7, 11) is 0. The van der Waals surface area contributed by atoms with Crippen LogP contribution in [0.3, 0.4) is 0 Å². The number of hydrogen-bond donors (Lipinski definition) is 0. The molecule has 1 aromatic carbocycles. The monoisotopic (exact) mass is 259 g/mol. The van der Waals surface area contributed by atoms with Gasteiger partial charge in [-0.25, -0.2) is 0 Å². The molecule has 1 aromatic heterocycles. The van der Waals surface area contributed by atoms with E-state index in [9.17, 15) is 0 Å². The molecule has 18 heavy (non-hydrogen) atoms. The van der Waals surface area contributed by atoms with Crippen LogP contribution in [0.5, 0.6) is 0 Å². The highest BCUT2D eigenvalue weighted by molar-refractivity contribution is 7.99. The minimum atomic E-state index is 1.08. The summed E-state index contributed by atoms with van der Waals surface area (Å²) < 4.78 is 0. The maximum atomic E-state index is 4.74. The smallest absolute Gasteiger partial charge is 0.0716 e. The van der Waals surface area contributed by atoms with Crippen molar-refractivity contribution in [1.82, 2.24) is 4.98 Å². The molecule has 0 aliphatic heterocycles. The molecule has 1 nitrogen and oxygen atoms in total. The van der Waals surface area contributed by atoms with Gasteiger partial charge < -0.3 is 0 Å². The van der Waals surface area contributed by atoms with Gasteiger partial charge in [-0.15, -0.1) is 11.8 Å². The highest BCUT2D eigenvalue weighted by Crippen LogP contribution is 2.28. The van der Waals surface area contributed by atoms with E-state index in [-0.39, 0.29) is 0 Å². The number of unbranched alkanes of at least 4 members (excludes halogenated alkanes) is 1. The summed E-state index contributed by atoms with van der Waals surface area (Å²) in [5.74, 6) is 1.20. The van der Waals surface area contributed by atoms with Crippen molar-refractivity contribution in [3.05, 3.63) is 36.0 Å². The van der Waals surface area contributed by atoms with Crippen molar-refractivity contribution in [2.45, 2.75) is 44.4 Å². The lowest BCUT2D eigenvalue weighted by Crippen LogP contribution is -1.92. The third-order valence-electron chi connectivity index (χ3n) is 2.99. The van der Waals surface area contributed by atoms with E-state index in [1.54, 1.807) is 0 Å². The normalized spacial score (nSPS) is 11.0. The largest absolute Gasteiger partial charge is 0.253 e. The van der Waals surface area contributed by atoms with Crippen molar-refractivity contribution in [3.63, 3.8) is 0 Å². The average Bonchev–Trinajstić information content (AvgIpc) is 2.39. The van der Waals surface area contributed by atoms with Crippen molar-refractivity contribution < 1.29 is 0 Å². The maximum absolute atomic E-state index is 4.74. The number of rotatable bonds is 6. The molecular formula is C16H21NS. The molecule has 0 saturated carbocycles. The van der Waals surface area contributed by atoms with E-state index < -0.39 is 0 Å². The van der Waals surface area contributed by atoms with E-state index >= 15 is 0 Å². The number of thioether (sulfide) groups is 1. The molecule has 0 spiro atoms. The van der Waals surface area contributed by atoms with Crippen molar-refractivity contribution in [1.29, 1.82) is 0 Å². The minimum absolute atomic E-state index is 1.08. The van der Waals surface area contributed by atoms with E-state index in [0.717, 1.165) is 18.4 Å². The first kappa shape index (κ1) is 13.4. The Morgan fingerprint density at radius 1 is 1.11 bits per heavy atom. The first-order chi connectivity index (χ1) is 8.85. The number of aromatic nitrogens is 1. The lowest BCUT2D eigenvalue weighted by molar-refractivity contribution is 0.883. The molecule has 0 N–H and O–H groups in total. The van der Waals surface area contributed by atoms with Crippen LogP contribution in [-0.2, 0) is 6.42 Å². The van der Waals surface area contributed by atoms with E-state index in [0.29, 0.717) is 0 Å². The van der Waals surface area contributed by atoms with Gasteiger partial charge in [0.1, 0.15) is 0 Å². The number of hydrogen-bond acceptors (Lipinski definition) is 2. The van der Waals surface area contributed by atoms with Gasteiger partial charge in [-0.05, 0) is 30.7 Å². The van der Waals surface area contributed by atoms with Gasteiger partial charge in [-0.1, -0.05) is 44.9 Å². The number of fused-ring (bicyclic) bond motifs is 1. The number of benzene rings is 1. The Labute approximate surface area is 114 Å². The van der Waals surface area contributed by atoms with Gasteiger partial charge >= 0.3 is 0 Å². The Bertz CT molecular complexity index is 507. The highest BCUT2D eigenvalue weighted by atomic mass is 32.2. The molecule has 1 heterocycles. The molecule has 2 aromatic rings. The molecule has 0 fully saturated rings. The van der Waals surface area contributed by atoms with Crippen LogP contribution < -0.4 is 0 Å². The van der Waals surface area contributed by atoms with Crippen molar-refractivity contribution in [3.8, 4) is 0 Å². The molecular weight excluding hydrogens is 238 g/mol. The summed E-state index contributed by atoms with van der Waals surface area (Å²) >= 11 is 1.97. The zero-order valence-corrected chi connectivity index (χ0v) is 12.1. The Hall–Kier alpha value is -1.02. The minimum Gasteiger partial charge on any atom is -0.253 e. The first-order valence-electron chi connectivity index (χ1n) is 6.86. The topological polar surface area (TPSA) is 12.9 Å². The molecule has 0 saturated heterocycles. The zero-order chi connectivity index (χ0) is 12.8. The Balaban J connectivity index is 2.34. The SMILES string of the molecule is CCCCSc1cc(CCC)nc2ccccc12. The number of nitrogens with zero attached hydrogens (tertiary/aromatic N) is 1. The summed E-state index contributed by atoms with van der Waals surface area (Å²) in [6.07, 6.45) is 4.78. The molecule has 0 radical (unpaired) electrons. The van der Waals surface area contributed by atoms with E-state index in [1.807, 2.05) is 11.8 Å². The quantitative estimate of drug-likeness (QED) is 0.530. The van der Waals surface area contributed by atoms with Crippen LogP contribution in [0.2, 0.25) is 0 Å². The molecule has 0 aliphatic rings. The second-order valence-corrected chi connectivity index (χ2v) is 5.72. The summed E-state index contributed by atoms with van der Waals surface area (Å²) in [4.78, 5) is 6.14. The van der Waals surface area contributed by atoms with E-state index in [1.165, 1.54) is 34.6 Å². The average molecular weight is 259 g/mol. The van der Waals surface area contributed by atoms with Gasteiger partial charge in [-0.3, -0.25) is 4.98 Å². The Morgan fingerprint density at radius 3 is 2.72 bits per heavy atom. The molecule has 0 amide bonds. The third-order valence-corrected chi connectivity index (χ3v) is 4.13. The van der Waals surface area contributed by atoms with Gasteiger partial charge in [0.05, 0.1) is 5.52 Å². The molecule has 96 valence electrons. The van der Waals surface area contributed by atoms with Crippen LogP contribution in [0.25, 0.3) is 10.9 Å². The van der Waals surface area contributed by atoms with Crippen molar-refractivity contribution in [2.24, 2.45) is 0 Å². The summed E-state index contributed by atoms with van der Waals surface area (Å²) in [5, 5.41) is 1.30. The van der Waals surface area contributed by atoms with Crippen LogP contribution in [-0.4, -0.2) is 10.7 Å². The van der Waals surface area contributed by atoms with Gasteiger partial charge in [-0.2, -0.15) is 0 Å². The van der Waals surface area contributed by atoms with Crippen molar-refractivity contribution >= 4 is 22.7 Å². The Morgan fingerprint density at radius 2 is 1.94 bits per heavy atom. The van der Waals surface area contributed by atoms with E-state index in [2.05, 4.69) is 44.2 Å². The molecule has 0 bridgehead atoms. The molecule has 0 atom stereocenters. The Kier molecular flexibility index (Phi) is 5.06. The standard InChI is InChI=1S/C16H21NS/c1-3-5-11-18-16-12-13(8-4-2)17-15-10-7-6-9-14(15)16/h6-7,9-10,12H,3-5,8,11H2,1-2H3. The second-order valence-electron chi connectivity index (χ2n) is 4.58. The molecule has 2 rings (SSSR count). The lowest BCUT2D eigenvalue weighted by Gasteiger charge is -2.08. The number of aryl methyl sites for hydroxylation is 1. The number of pyridine rings is 1. The highest BCUT2D eigenvalue weighted by Gasteiger charge is 2.05.